The summed E-state index contributed by atoms with van der Waals surface area (Å²) >= 11 is 8.07. The fraction of sp³-hybridized carbons (Fsp3) is 0. The molecule has 32 heavy (non-hydrogen) atoms. The normalized spacial score (nSPS) is 11.6. The number of carboxylic acid groups (broad SMARTS) is 1. The highest BCUT2D eigenvalue weighted by atomic mass is 35.5. The molecule has 7 nitrogen and oxygen atoms in total. The smallest absolute Gasteiger partial charge is 0.342 e. The topological polar surface area (TPSA) is 109 Å². The SMILES string of the molecule is O=C(O)/C(=C\c1ccc(Sc2ccc(Cl)cc2)c([N+](=O)[O-])c1)Sc1nc2ccccc2[nH]1. The molecule has 0 unspecified atom stereocenters. The van der Waals surface area contributed by atoms with Crippen molar-refractivity contribution in [2.75, 3.05) is 0 Å². The lowest BCUT2D eigenvalue weighted by Gasteiger charge is -2.05. The number of thioether (sulfide) groups is 1. The zero-order chi connectivity index (χ0) is 22.7. The molecule has 4 rings (SSSR count). The number of nitro groups is 1. The third-order valence-electron chi connectivity index (χ3n) is 4.30. The van der Waals surface area contributed by atoms with Gasteiger partial charge in [0.15, 0.2) is 5.16 Å². The number of aliphatic carboxylic acids is 1. The van der Waals surface area contributed by atoms with Gasteiger partial charge in [-0.05, 0) is 65.9 Å². The lowest BCUT2D eigenvalue weighted by molar-refractivity contribution is -0.387. The number of carboxylic acids is 1. The van der Waals surface area contributed by atoms with Crippen molar-refractivity contribution in [3.63, 3.8) is 0 Å². The van der Waals surface area contributed by atoms with Crippen LogP contribution in [0.5, 0.6) is 0 Å². The van der Waals surface area contributed by atoms with Crippen molar-refractivity contribution in [1.82, 2.24) is 9.97 Å². The summed E-state index contributed by atoms with van der Waals surface area (Å²) in [6.45, 7) is 0. The first kappa shape index (κ1) is 21.9. The van der Waals surface area contributed by atoms with E-state index in [0.29, 0.717) is 20.6 Å². The molecule has 0 fully saturated rings. The van der Waals surface area contributed by atoms with Gasteiger partial charge in [0.2, 0.25) is 0 Å². The van der Waals surface area contributed by atoms with Crippen molar-refractivity contribution < 1.29 is 14.8 Å². The number of rotatable bonds is 7. The van der Waals surface area contributed by atoms with Crippen LogP contribution in [0.15, 0.2) is 86.6 Å². The lowest BCUT2D eigenvalue weighted by Crippen LogP contribution is -1.98. The van der Waals surface area contributed by atoms with Crippen LogP contribution in [0.4, 0.5) is 5.69 Å². The Morgan fingerprint density at radius 3 is 2.56 bits per heavy atom. The van der Waals surface area contributed by atoms with Crippen LogP contribution in [0, 0.1) is 10.1 Å². The number of para-hydroxylation sites is 2. The van der Waals surface area contributed by atoms with Gasteiger partial charge in [-0.1, -0.05) is 41.6 Å². The summed E-state index contributed by atoms with van der Waals surface area (Å²) in [6.07, 6.45) is 1.39. The molecule has 0 radical (unpaired) electrons. The summed E-state index contributed by atoms with van der Waals surface area (Å²) in [5.74, 6) is -1.15. The molecule has 0 atom stereocenters. The molecule has 2 N–H and O–H groups in total. The molecule has 0 saturated carbocycles. The monoisotopic (exact) mass is 483 g/mol. The van der Waals surface area contributed by atoms with Gasteiger partial charge in [-0.3, -0.25) is 10.1 Å². The van der Waals surface area contributed by atoms with E-state index >= 15 is 0 Å². The first-order valence-corrected chi connectivity index (χ1v) is 11.2. The molecule has 3 aromatic carbocycles. The molecule has 0 bridgehead atoms. The zero-order valence-corrected chi connectivity index (χ0v) is 18.6. The standard InChI is InChI=1S/C22H14ClN3O4S2/c23-14-6-8-15(9-7-14)31-19-10-5-13(11-18(19)26(29)30)12-20(21(27)28)32-22-24-16-3-1-2-4-17(16)25-22/h1-12H,(H,24,25)(H,27,28)/b20-12+. The summed E-state index contributed by atoms with van der Waals surface area (Å²) in [5.41, 5.74) is 1.80. The average molecular weight is 484 g/mol. The molecule has 0 saturated heterocycles. The van der Waals surface area contributed by atoms with E-state index in [1.54, 1.807) is 36.4 Å². The molecule has 0 amide bonds. The second-order valence-electron chi connectivity index (χ2n) is 6.52. The van der Waals surface area contributed by atoms with Gasteiger partial charge in [-0.2, -0.15) is 0 Å². The Labute approximate surface area is 195 Å². The number of fused-ring (bicyclic) bond motifs is 1. The number of nitrogens with zero attached hydrogens (tertiary/aromatic N) is 2. The number of nitrogens with one attached hydrogen (secondary N) is 1. The average Bonchev–Trinajstić information content (AvgIpc) is 3.18. The van der Waals surface area contributed by atoms with Crippen LogP contribution in [-0.4, -0.2) is 26.0 Å². The number of halogens is 1. The second kappa shape index (κ2) is 9.47. The van der Waals surface area contributed by atoms with Crippen molar-refractivity contribution in [1.29, 1.82) is 0 Å². The largest absolute Gasteiger partial charge is 0.477 e. The Bertz CT molecular complexity index is 1320. The number of imidazole rings is 1. The minimum absolute atomic E-state index is 0.0172. The van der Waals surface area contributed by atoms with E-state index in [1.807, 2.05) is 24.3 Å². The summed E-state index contributed by atoms with van der Waals surface area (Å²) in [7, 11) is 0. The number of nitro benzene ring substituents is 1. The lowest BCUT2D eigenvalue weighted by atomic mass is 10.2. The van der Waals surface area contributed by atoms with E-state index in [9.17, 15) is 20.0 Å². The van der Waals surface area contributed by atoms with Gasteiger partial charge < -0.3 is 10.1 Å². The van der Waals surface area contributed by atoms with Gasteiger partial charge in [0.05, 0.1) is 20.9 Å². The van der Waals surface area contributed by atoms with Crippen LogP contribution in [0.1, 0.15) is 5.56 Å². The number of aromatic nitrogens is 2. The minimum Gasteiger partial charge on any atom is -0.477 e. The van der Waals surface area contributed by atoms with Crippen molar-refractivity contribution in [3.05, 3.63) is 92.3 Å². The van der Waals surface area contributed by atoms with Crippen molar-refractivity contribution in [3.8, 4) is 0 Å². The van der Waals surface area contributed by atoms with Crippen LogP contribution in [0.2, 0.25) is 5.02 Å². The summed E-state index contributed by atoms with van der Waals surface area (Å²) in [6, 6.07) is 18.9. The number of hydrogen-bond donors (Lipinski definition) is 2. The molecule has 0 aliphatic rings. The number of aromatic amines is 1. The Balaban J connectivity index is 1.64. The predicted octanol–water partition coefficient (Wildman–Crippen LogP) is 6.49. The highest BCUT2D eigenvalue weighted by Gasteiger charge is 2.18. The summed E-state index contributed by atoms with van der Waals surface area (Å²) in [5, 5.41) is 22.3. The maximum atomic E-state index is 11.8. The molecule has 160 valence electrons. The highest BCUT2D eigenvalue weighted by Crippen LogP contribution is 2.37. The first-order chi connectivity index (χ1) is 15.4. The maximum Gasteiger partial charge on any atom is 0.342 e. The van der Waals surface area contributed by atoms with E-state index in [0.717, 1.165) is 27.7 Å². The van der Waals surface area contributed by atoms with Gasteiger partial charge >= 0.3 is 5.97 Å². The Morgan fingerprint density at radius 1 is 1.12 bits per heavy atom. The van der Waals surface area contributed by atoms with E-state index in [1.165, 1.54) is 23.9 Å². The molecule has 4 aromatic rings. The number of benzene rings is 3. The van der Waals surface area contributed by atoms with Crippen LogP contribution in [0.3, 0.4) is 0 Å². The van der Waals surface area contributed by atoms with Gasteiger partial charge in [0.25, 0.3) is 5.69 Å². The van der Waals surface area contributed by atoms with Crippen LogP contribution < -0.4 is 0 Å². The van der Waals surface area contributed by atoms with Gasteiger partial charge in [0, 0.05) is 16.0 Å². The molecule has 0 spiro atoms. The highest BCUT2D eigenvalue weighted by molar-refractivity contribution is 8.04. The van der Waals surface area contributed by atoms with Crippen LogP contribution >= 0.6 is 35.1 Å². The molecule has 10 heteroatoms. The summed E-state index contributed by atoms with van der Waals surface area (Å²) in [4.78, 5) is 31.6. The van der Waals surface area contributed by atoms with Gasteiger partial charge in [-0.15, -0.1) is 0 Å². The van der Waals surface area contributed by atoms with Crippen LogP contribution in [0.25, 0.3) is 17.1 Å². The fourth-order valence-corrected chi connectivity index (χ4v) is 4.67. The molecule has 1 aromatic heterocycles. The van der Waals surface area contributed by atoms with E-state index < -0.39 is 10.9 Å². The van der Waals surface area contributed by atoms with Gasteiger partial charge in [0.1, 0.15) is 4.91 Å². The van der Waals surface area contributed by atoms with E-state index in [2.05, 4.69) is 9.97 Å². The number of hydrogen-bond acceptors (Lipinski definition) is 6. The third-order valence-corrected chi connectivity index (χ3v) is 6.53. The van der Waals surface area contributed by atoms with Crippen molar-refractivity contribution in [2.45, 2.75) is 14.9 Å². The zero-order valence-electron chi connectivity index (χ0n) is 16.2. The quantitative estimate of drug-likeness (QED) is 0.134. The second-order valence-corrected chi connectivity index (χ2v) is 9.10. The molecule has 0 aliphatic heterocycles. The Kier molecular flexibility index (Phi) is 6.50. The predicted molar refractivity (Wildman–Crippen MR) is 126 cm³/mol. The van der Waals surface area contributed by atoms with Crippen molar-refractivity contribution in [2.24, 2.45) is 0 Å². The van der Waals surface area contributed by atoms with E-state index in [-0.39, 0.29) is 10.6 Å². The van der Waals surface area contributed by atoms with Crippen molar-refractivity contribution >= 4 is 63.9 Å². The fourth-order valence-electron chi connectivity index (χ4n) is 2.85. The molecular weight excluding hydrogens is 470 g/mol. The molecular formula is C22H14ClN3O4S2. The first-order valence-electron chi connectivity index (χ1n) is 9.18. The Hall–Kier alpha value is -3.27. The molecule has 1 heterocycles. The number of carbonyl (C=O) groups is 1. The Morgan fingerprint density at radius 2 is 1.88 bits per heavy atom. The molecule has 0 aliphatic carbocycles. The third kappa shape index (κ3) is 5.13. The maximum absolute atomic E-state index is 11.8. The number of H-pyrrole nitrogens is 1. The minimum atomic E-state index is -1.15. The van der Waals surface area contributed by atoms with Gasteiger partial charge in [-0.25, -0.2) is 9.78 Å². The van der Waals surface area contributed by atoms with Crippen LogP contribution in [-0.2, 0) is 4.79 Å². The summed E-state index contributed by atoms with van der Waals surface area (Å²) < 4.78 is 0. The van der Waals surface area contributed by atoms with E-state index in [4.69, 9.17) is 11.6 Å².